The lowest BCUT2D eigenvalue weighted by atomic mass is 9.82. The second-order valence-electron chi connectivity index (χ2n) is 11.2. The summed E-state index contributed by atoms with van der Waals surface area (Å²) < 4.78 is 16.8. The van der Waals surface area contributed by atoms with Crippen molar-refractivity contribution in [2.45, 2.75) is 103 Å². The van der Waals surface area contributed by atoms with Crippen LogP contribution in [0.4, 0.5) is 0 Å². The van der Waals surface area contributed by atoms with E-state index in [1.807, 2.05) is 24.3 Å². The Labute approximate surface area is 233 Å². The van der Waals surface area contributed by atoms with Crippen LogP contribution in [-0.2, 0) is 23.5 Å². The van der Waals surface area contributed by atoms with Crippen molar-refractivity contribution < 1.29 is 28.6 Å². The maximum atomic E-state index is 12.7. The summed E-state index contributed by atoms with van der Waals surface area (Å²) in [5.74, 6) is -0.676. The normalized spacial score (nSPS) is 16.5. The van der Waals surface area contributed by atoms with Gasteiger partial charge in [0, 0.05) is 25.4 Å². The summed E-state index contributed by atoms with van der Waals surface area (Å²) in [6.45, 7) is 14.7. The minimum atomic E-state index is -1.95. The first kappa shape index (κ1) is 36.2. The topological polar surface area (TPSA) is 82.1 Å². The van der Waals surface area contributed by atoms with Crippen LogP contribution < -0.4 is 0 Å². The highest BCUT2D eigenvalue weighted by Gasteiger charge is 2.38. The SMILES string of the molecule is CCC(/C=C/C(C(CO)OC)C(C/C=C\C/C=C\C/C=C\CCC(=O)OC)C(C)=O)O[Si](C)(C)C(C)(C)C. The van der Waals surface area contributed by atoms with E-state index >= 15 is 0 Å². The van der Waals surface area contributed by atoms with Crippen molar-refractivity contribution in [3.05, 3.63) is 48.6 Å². The van der Waals surface area contributed by atoms with E-state index in [9.17, 15) is 14.7 Å². The van der Waals surface area contributed by atoms with Gasteiger partial charge in [0.05, 0.1) is 25.9 Å². The monoisotopic (exact) mass is 550 g/mol. The van der Waals surface area contributed by atoms with Gasteiger partial charge >= 0.3 is 5.97 Å². The van der Waals surface area contributed by atoms with Gasteiger partial charge in [-0.15, -0.1) is 0 Å². The maximum absolute atomic E-state index is 12.7. The average molecular weight is 551 g/mol. The number of hydrogen-bond acceptors (Lipinski definition) is 6. The number of ether oxygens (including phenoxy) is 2. The number of aliphatic hydroxyl groups is 1. The van der Waals surface area contributed by atoms with E-state index in [4.69, 9.17) is 9.16 Å². The molecule has 4 unspecified atom stereocenters. The van der Waals surface area contributed by atoms with Crippen molar-refractivity contribution in [2.24, 2.45) is 11.8 Å². The van der Waals surface area contributed by atoms with Crippen LogP contribution in [0.1, 0.15) is 73.1 Å². The number of esters is 1. The van der Waals surface area contributed by atoms with Crippen molar-refractivity contribution in [3.8, 4) is 0 Å². The number of aliphatic hydroxyl groups excluding tert-OH is 1. The molecule has 0 aliphatic carbocycles. The smallest absolute Gasteiger partial charge is 0.305 e. The highest BCUT2D eigenvalue weighted by Crippen LogP contribution is 2.38. The zero-order valence-corrected chi connectivity index (χ0v) is 26.4. The summed E-state index contributed by atoms with van der Waals surface area (Å²) in [4.78, 5) is 23.8. The van der Waals surface area contributed by atoms with Gasteiger partial charge in [-0.2, -0.15) is 0 Å². The molecular weight excluding hydrogens is 496 g/mol. The molecule has 0 radical (unpaired) electrons. The Bertz CT molecular complexity index is 787. The molecule has 0 rings (SSSR count). The molecule has 0 amide bonds. The molecule has 0 aromatic rings. The van der Waals surface area contributed by atoms with Gasteiger partial charge in [0.25, 0.3) is 0 Å². The van der Waals surface area contributed by atoms with Gasteiger partial charge in [0.2, 0.25) is 0 Å². The molecule has 7 heteroatoms. The number of hydrogen-bond donors (Lipinski definition) is 1. The first-order valence-electron chi connectivity index (χ1n) is 13.9. The quantitative estimate of drug-likeness (QED) is 0.106. The Morgan fingerprint density at radius 3 is 2.00 bits per heavy atom. The molecule has 0 aromatic carbocycles. The van der Waals surface area contributed by atoms with Crippen LogP contribution in [0.3, 0.4) is 0 Å². The predicted octanol–water partition coefficient (Wildman–Crippen LogP) is 6.96. The summed E-state index contributed by atoms with van der Waals surface area (Å²) in [7, 11) is 1.03. The first-order chi connectivity index (χ1) is 17.8. The minimum absolute atomic E-state index is 0.0441. The second kappa shape index (κ2) is 19.3. The molecule has 0 bridgehead atoms. The van der Waals surface area contributed by atoms with E-state index in [1.165, 1.54) is 7.11 Å². The van der Waals surface area contributed by atoms with Gasteiger partial charge in [-0.25, -0.2) is 0 Å². The van der Waals surface area contributed by atoms with Crippen molar-refractivity contribution >= 4 is 20.1 Å². The van der Waals surface area contributed by atoms with E-state index in [0.717, 1.165) is 19.3 Å². The molecular formula is C31H54O6Si. The fourth-order valence-corrected chi connectivity index (χ4v) is 5.09. The molecule has 0 fully saturated rings. The number of ketones is 1. The van der Waals surface area contributed by atoms with E-state index in [0.29, 0.717) is 19.3 Å². The van der Waals surface area contributed by atoms with Gasteiger partial charge in [0.15, 0.2) is 8.32 Å². The highest BCUT2D eigenvalue weighted by atomic mass is 28.4. The predicted molar refractivity (Wildman–Crippen MR) is 160 cm³/mol. The third-order valence-electron chi connectivity index (χ3n) is 7.28. The fraction of sp³-hybridized carbons (Fsp3) is 0.677. The van der Waals surface area contributed by atoms with Crippen molar-refractivity contribution in [1.29, 1.82) is 0 Å². The Morgan fingerprint density at radius 1 is 0.947 bits per heavy atom. The Hall–Kier alpha value is -1.80. The van der Waals surface area contributed by atoms with Crippen LogP contribution in [-0.4, -0.2) is 58.2 Å². The molecule has 0 heterocycles. The van der Waals surface area contributed by atoms with Crippen molar-refractivity contribution in [3.63, 3.8) is 0 Å². The van der Waals surface area contributed by atoms with Crippen LogP contribution in [0.25, 0.3) is 0 Å². The molecule has 1 N–H and O–H groups in total. The summed E-state index contributed by atoms with van der Waals surface area (Å²) in [6.07, 6.45) is 19.9. The lowest BCUT2D eigenvalue weighted by Crippen LogP contribution is -2.43. The molecule has 0 saturated carbocycles. The van der Waals surface area contributed by atoms with Crippen LogP contribution in [0.15, 0.2) is 48.6 Å². The van der Waals surface area contributed by atoms with Gasteiger partial charge in [-0.05, 0) is 57.2 Å². The van der Waals surface area contributed by atoms with Crippen LogP contribution >= 0.6 is 0 Å². The number of methoxy groups -OCH3 is 2. The van der Waals surface area contributed by atoms with Crippen molar-refractivity contribution in [1.82, 2.24) is 0 Å². The molecule has 0 aliphatic heterocycles. The zero-order chi connectivity index (χ0) is 29.2. The Kier molecular flexibility index (Phi) is 18.4. The minimum Gasteiger partial charge on any atom is -0.469 e. The third kappa shape index (κ3) is 14.4. The molecule has 0 aliphatic rings. The molecule has 6 nitrogen and oxygen atoms in total. The number of allylic oxidation sites excluding steroid dienone is 6. The molecule has 38 heavy (non-hydrogen) atoms. The molecule has 0 spiro atoms. The lowest BCUT2D eigenvalue weighted by molar-refractivity contribution is -0.140. The summed E-state index contributed by atoms with van der Waals surface area (Å²) >= 11 is 0. The summed E-state index contributed by atoms with van der Waals surface area (Å²) in [5.41, 5.74) is 0. The lowest BCUT2D eigenvalue weighted by Gasteiger charge is -2.38. The number of carbonyl (C=O) groups excluding carboxylic acids is 2. The van der Waals surface area contributed by atoms with Gasteiger partial charge < -0.3 is 19.0 Å². The number of carbonyl (C=O) groups is 2. The molecule has 0 saturated heterocycles. The molecule has 4 atom stereocenters. The fourth-order valence-electron chi connectivity index (χ4n) is 3.74. The Balaban J connectivity index is 5.24. The summed E-state index contributed by atoms with van der Waals surface area (Å²) in [6, 6.07) is 0. The van der Waals surface area contributed by atoms with Crippen LogP contribution in [0, 0.1) is 11.8 Å². The van der Waals surface area contributed by atoms with E-state index in [1.54, 1.807) is 14.0 Å². The maximum Gasteiger partial charge on any atom is 0.305 e. The van der Waals surface area contributed by atoms with Crippen LogP contribution in [0.2, 0.25) is 18.1 Å². The standard InChI is InChI=1S/C31H54O6Si/c1-10-26(37-38(8,9)31(3,4)5)22-23-28(29(24-32)35-6)27(25(2)33)20-18-16-14-12-11-13-15-17-19-21-30(34)36-7/h11-12,15-18,22-23,26-29,32H,10,13-14,19-21,24H2,1-9H3/b12-11-,17-15-,18-16-,23-22+. The van der Waals surface area contributed by atoms with E-state index < -0.39 is 14.4 Å². The second-order valence-corrected chi connectivity index (χ2v) is 16.0. The van der Waals surface area contributed by atoms with Gasteiger partial charge in [-0.1, -0.05) is 76.3 Å². The zero-order valence-electron chi connectivity index (χ0n) is 25.4. The van der Waals surface area contributed by atoms with Gasteiger partial charge in [0.1, 0.15) is 5.78 Å². The largest absolute Gasteiger partial charge is 0.469 e. The van der Waals surface area contributed by atoms with Crippen LogP contribution in [0.5, 0.6) is 0 Å². The number of rotatable bonds is 19. The molecule has 218 valence electrons. The van der Waals surface area contributed by atoms with E-state index in [2.05, 4.69) is 69.8 Å². The average Bonchev–Trinajstić information content (AvgIpc) is 2.85. The highest BCUT2D eigenvalue weighted by molar-refractivity contribution is 6.74. The first-order valence-corrected chi connectivity index (χ1v) is 16.8. The third-order valence-corrected chi connectivity index (χ3v) is 11.8. The summed E-state index contributed by atoms with van der Waals surface area (Å²) in [5, 5.41) is 10.1. The molecule has 0 aromatic heterocycles. The van der Waals surface area contributed by atoms with Crippen molar-refractivity contribution in [2.75, 3.05) is 20.8 Å². The van der Waals surface area contributed by atoms with E-state index in [-0.39, 0.29) is 41.3 Å². The Morgan fingerprint density at radius 2 is 1.53 bits per heavy atom. The number of Topliss-reactive ketones (excluding diaryl/α,β-unsaturated/α-hetero) is 1. The van der Waals surface area contributed by atoms with Gasteiger partial charge in [-0.3, -0.25) is 9.59 Å².